The third-order valence-corrected chi connectivity index (χ3v) is 5.29. The fraction of sp³-hybridized carbons (Fsp3) is 0.364. The Kier molecular flexibility index (Phi) is 6.99. The van der Waals surface area contributed by atoms with Crippen molar-refractivity contribution in [1.82, 2.24) is 10.2 Å². The molecule has 1 fully saturated rings. The van der Waals surface area contributed by atoms with E-state index in [-0.39, 0.29) is 24.2 Å². The molecule has 3 rings (SSSR count). The molecule has 29 heavy (non-hydrogen) atoms. The Hall–Kier alpha value is -2.73. The predicted octanol–water partition coefficient (Wildman–Crippen LogP) is 3.06. The highest BCUT2D eigenvalue weighted by atomic mass is 35.5. The number of carbonyl (C=O) groups is 2. The van der Waals surface area contributed by atoms with Gasteiger partial charge in [-0.1, -0.05) is 29.8 Å². The Morgan fingerprint density at radius 3 is 2.66 bits per heavy atom. The average molecular weight is 417 g/mol. The van der Waals surface area contributed by atoms with Gasteiger partial charge < -0.3 is 19.7 Å². The quantitative estimate of drug-likeness (QED) is 0.718. The van der Waals surface area contributed by atoms with Gasteiger partial charge in [0.15, 0.2) is 11.5 Å². The third-order valence-electron chi connectivity index (χ3n) is 5.06. The molecule has 0 radical (unpaired) electrons. The third kappa shape index (κ3) is 5.41. The van der Waals surface area contributed by atoms with Gasteiger partial charge in [-0.15, -0.1) is 0 Å². The Morgan fingerprint density at radius 1 is 1.14 bits per heavy atom. The first-order valence-corrected chi connectivity index (χ1v) is 9.88. The summed E-state index contributed by atoms with van der Waals surface area (Å²) in [6.07, 6.45) is 0.927. The molecule has 1 heterocycles. The summed E-state index contributed by atoms with van der Waals surface area (Å²) in [6, 6.07) is 13.1. The molecule has 154 valence electrons. The number of ether oxygens (including phenoxy) is 2. The Labute approximate surface area is 175 Å². The van der Waals surface area contributed by atoms with Crippen LogP contribution in [0.4, 0.5) is 0 Å². The molecule has 1 N–H and O–H groups in total. The van der Waals surface area contributed by atoms with Crippen molar-refractivity contribution in [2.24, 2.45) is 5.92 Å². The summed E-state index contributed by atoms with van der Waals surface area (Å²) in [6.45, 7) is 1.40. The van der Waals surface area contributed by atoms with E-state index in [1.807, 2.05) is 36.4 Å². The van der Waals surface area contributed by atoms with Crippen molar-refractivity contribution in [3.05, 3.63) is 58.6 Å². The zero-order valence-corrected chi connectivity index (χ0v) is 17.4. The lowest BCUT2D eigenvalue weighted by Crippen LogP contribution is -2.33. The number of amides is 2. The standard InChI is InChI=1S/C22H25ClN2O4/c1-28-19-7-6-15(11-20(19)29-2)8-9-25-14-17(12-21(25)26)22(27)24-13-16-4-3-5-18(23)10-16/h3-7,10-11,17H,8-9,12-14H2,1-2H3,(H,24,27)/t17-/m0/s1. The number of nitrogens with zero attached hydrogens (tertiary/aromatic N) is 1. The Morgan fingerprint density at radius 2 is 1.93 bits per heavy atom. The number of methoxy groups -OCH3 is 2. The van der Waals surface area contributed by atoms with Gasteiger partial charge in [0.05, 0.1) is 20.1 Å². The summed E-state index contributed by atoms with van der Waals surface area (Å²) in [7, 11) is 3.19. The molecule has 0 aromatic heterocycles. The molecular weight excluding hydrogens is 392 g/mol. The zero-order chi connectivity index (χ0) is 20.8. The topological polar surface area (TPSA) is 67.9 Å². The van der Waals surface area contributed by atoms with Gasteiger partial charge in [-0.25, -0.2) is 0 Å². The van der Waals surface area contributed by atoms with E-state index < -0.39 is 0 Å². The number of hydrogen-bond donors (Lipinski definition) is 1. The summed E-state index contributed by atoms with van der Waals surface area (Å²) in [4.78, 5) is 26.6. The second-order valence-electron chi connectivity index (χ2n) is 7.03. The SMILES string of the molecule is COc1ccc(CCN2C[C@@H](C(=O)NCc3cccc(Cl)c3)CC2=O)cc1OC. The van der Waals surface area contributed by atoms with E-state index in [4.69, 9.17) is 21.1 Å². The largest absolute Gasteiger partial charge is 0.493 e. The highest BCUT2D eigenvalue weighted by Gasteiger charge is 2.33. The number of hydrogen-bond acceptors (Lipinski definition) is 4. The number of rotatable bonds is 8. The minimum absolute atomic E-state index is 0.00776. The molecule has 6 nitrogen and oxygen atoms in total. The first-order chi connectivity index (χ1) is 14.0. The monoisotopic (exact) mass is 416 g/mol. The minimum atomic E-state index is -0.327. The first-order valence-electron chi connectivity index (χ1n) is 9.51. The van der Waals surface area contributed by atoms with Gasteiger partial charge in [-0.3, -0.25) is 9.59 Å². The van der Waals surface area contributed by atoms with Crippen LogP contribution in [0.2, 0.25) is 5.02 Å². The molecule has 2 aromatic rings. The number of likely N-dealkylation sites (tertiary alicyclic amines) is 1. The number of nitrogens with one attached hydrogen (secondary N) is 1. The molecular formula is C22H25ClN2O4. The smallest absolute Gasteiger partial charge is 0.225 e. The Balaban J connectivity index is 1.51. The van der Waals surface area contributed by atoms with Crippen LogP contribution < -0.4 is 14.8 Å². The molecule has 0 spiro atoms. The molecule has 1 saturated heterocycles. The van der Waals surface area contributed by atoms with E-state index in [9.17, 15) is 9.59 Å². The maximum absolute atomic E-state index is 12.5. The van der Waals surface area contributed by atoms with E-state index in [0.717, 1.165) is 11.1 Å². The summed E-state index contributed by atoms with van der Waals surface area (Å²) in [5.74, 6) is 0.911. The lowest BCUT2D eigenvalue weighted by molar-refractivity contribution is -0.129. The maximum Gasteiger partial charge on any atom is 0.225 e. The van der Waals surface area contributed by atoms with E-state index in [2.05, 4.69) is 5.32 Å². The number of carbonyl (C=O) groups excluding carboxylic acids is 2. The summed E-state index contributed by atoms with van der Waals surface area (Å²) in [5.41, 5.74) is 1.98. The highest BCUT2D eigenvalue weighted by molar-refractivity contribution is 6.30. The lowest BCUT2D eigenvalue weighted by Gasteiger charge is -2.17. The number of benzene rings is 2. The molecule has 0 saturated carbocycles. The molecule has 2 aromatic carbocycles. The second-order valence-corrected chi connectivity index (χ2v) is 7.46. The van der Waals surface area contributed by atoms with Crippen molar-refractivity contribution >= 4 is 23.4 Å². The van der Waals surface area contributed by atoms with Crippen LogP contribution in [0.25, 0.3) is 0 Å². The molecule has 0 aliphatic carbocycles. The van der Waals surface area contributed by atoms with Crippen molar-refractivity contribution in [2.75, 3.05) is 27.3 Å². The van der Waals surface area contributed by atoms with Gasteiger partial charge in [-0.2, -0.15) is 0 Å². The van der Waals surface area contributed by atoms with E-state index in [1.165, 1.54) is 0 Å². The molecule has 0 unspecified atom stereocenters. The van der Waals surface area contributed by atoms with Gasteiger partial charge >= 0.3 is 0 Å². The molecule has 1 atom stereocenters. The van der Waals surface area contributed by atoms with Crippen molar-refractivity contribution in [3.63, 3.8) is 0 Å². The van der Waals surface area contributed by atoms with Crippen LogP contribution in [-0.2, 0) is 22.6 Å². The van der Waals surface area contributed by atoms with Crippen LogP contribution >= 0.6 is 11.6 Å². The maximum atomic E-state index is 12.5. The van der Waals surface area contributed by atoms with Crippen LogP contribution in [0.5, 0.6) is 11.5 Å². The minimum Gasteiger partial charge on any atom is -0.493 e. The fourth-order valence-corrected chi connectivity index (χ4v) is 3.66. The van der Waals surface area contributed by atoms with E-state index in [1.54, 1.807) is 25.2 Å². The van der Waals surface area contributed by atoms with Crippen molar-refractivity contribution < 1.29 is 19.1 Å². The van der Waals surface area contributed by atoms with Crippen LogP contribution in [0.15, 0.2) is 42.5 Å². The lowest BCUT2D eigenvalue weighted by atomic mass is 10.1. The molecule has 1 aliphatic heterocycles. The highest BCUT2D eigenvalue weighted by Crippen LogP contribution is 2.28. The molecule has 7 heteroatoms. The molecule has 0 bridgehead atoms. The van der Waals surface area contributed by atoms with Gasteiger partial charge in [0.1, 0.15) is 0 Å². The van der Waals surface area contributed by atoms with Crippen molar-refractivity contribution in [2.45, 2.75) is 19.4 Å². The van der Waals surface area contributed by atoms with Gasteiger partial charge in [0.2, 0.25) is 11.8 Å². The zero-order valence-electron chi connectivity index (χ0n) is 16.6. The average Bonchev–Trinajstić information content (AvgIpc) is 3.11. The summed E-state index contributed by atoms with van der Waals surface area (Å²) in [5, 5.41) is 3.54. The molecule has 2 amide bonds. The van der Waals surface area contributed by atoms with Gasteiger partial charge in [0.25, 0.3) is 0 Å². The van der Waals surface area contributed by atoms with E-state index >= 15 is 0 Å². The van der Waals surface area contributed by atoms with E-state index in [0.29, 0.717) is 42.6 Å². The summed E-state index contributed by atoms with van der Waals surface area (Å²) >= 11 is 5.97. The molecule has 1 aliphatic rings. The van der Waals surface area contributed by atoms with Crippen LogP contribution in [0.1, 0.15) is 17.5 Å². The van der Waals surface area contributed by atoms with Crippen LogP contribution in [0, 0.1) is 5.92 Å². The summed E-state index contributed by atoms with van der Waals surface area (Å²) < 4.78 is 10.6. The Bertz CT molecular complexity index is 887. The first kappa shape index (κ1) is 21.0. The van der Waals surface area contributed by atoms with Crippen LogP contribution in [0.3, 0.4) is 0 Å². The van der Waals surface area contributed by atoms with Gasteiger partial charge in [-0.05, 0) is 41.8 Å². The predicted molar refractivity (Wildman–Crippen MR) is 111 cm³/mol. The number of halogens is 1. The van der Waals surface area contributed by atoms with Crippen molar-refractivity contribution in [3.8, 4) is 11.5 Å². The van der Waals surface area contributed by atoms with Crippen LogP contribution in [-0.4, -0.2) is 44.0 Å². The van der Waals surface area contributed by atoms with Crippen molar-refractivity contribution in [1.29, 1.82) is 0 Å². The fourth-order valence-electron chi connectivity index (χ4n) is 3.44. The van der Waals surface area contributed by atoms with Gasteiger partial charge in [0, 0.05) is 31.1 Å². The second kappa shape index (κ2) is 9.65. The normalized spacial score (nSPS) is 16.0.